The summed E-state index contributed by atoms with van der Waals surface area (Å²) in [5, 5.41) is 15.4. The van der Waals surface area contributed by atoms with Crippen LogP contribution in [0.4, 0.5) is 5.00 Å². The third-order valence-electron chi connectivity index (χ3n) is 5.04. The van der Waals surface area contributed by atoms with Crippen molar-refractivity contribution in [2.75, 3.05) is 5.32 Å². The molecule has 2 aromatic heterocycles. The molecule has 34 heavy (non-hydrogen) atoms. The van der Waals surface area contributed by atoms with E-state index in [1.165, 1.54) is 17.7 Å². The van der Waals surface area contributed by atoms with Crippen LogP contribution in [0.15, 0.2) is 65.3 Å². The molecule has 2 aromatic carbocycles. The summed E-state index contributed by atoms with van der Waals surface area (Å²) in [6, 6.07) is 14.8. The van der Waals surface area contributed by atoms with Gasteiger partial charge in [0, 0.05) is 5.56 Å². The van der Waals surface area contributed by atoms with E-state index in [4.69, 9.17) is 0 Å². The molecule has 0 spiro atoms. The maximum absolute atomic E-state index is 13.0. The van der Waals surface area contributed by atoms with E-state index in [0.29, 0.717) is 22.0 Å². The van der Waals surface area contributed by atoms with Crippen LogP contribution in [0.1, 0.15) is 54.0 Å². The zero-order chi connectivity index (χ0) is 24.1. The summed E-state index contributed by atoms with van der Waals surface area (Å²) >= 11 is 5.86. The molecule has 0 saturated heterocycles. The molecule has 4 rings (SSSR count). The second kappa shape index (κ2) is 10.4. The number of hydrogen-bond donors (Lipinski definition) is 4. The van der Waals surface area contributed by atoms with Gasteiger partial charge in [0.15, 0.2) is 0 Å². The number of H-pyrrole nitrogens is 1. The Bertz CT molecular complexity index is 1330. The van der Waals surface area contributed by atoms with E-state index in [0.717, 1.165) is 22.3 Å². The predicted molar refractivity (Wildman–Crippen MR) is 137 cm³/mol. The van der Waals surface area contributed by atoms with E-state index < -0.39 is 5.91 Å². The SMILES string of the molecule is Cc1ccc(/C=N/NC(=O)c2c(C)csc2NC(=O)c2cccc(C(S)c3ncn[nH]3)c2)cc1. The Morgan fingerprint density at radius 1 is 1.15 bits per heavy atom. The number of rotatable bonds is 7. The van der Waals surface area contributed by atoms with Crippen molar-refractivity contribution < 1.29 is 9.59 Å². The number of thiol groups is 1. The number of benzene rings is 2. The average molecular weight is 491 g/mol. The lowest BCUT2D eigenvalue weighted by molar-refractivity contribution is 0.0956. The number of thiophene rings is 1. The molecule has 3 N–H and O–H groups in total. The summed E-state index contributed by atoms with van der Waals surface area (Å²) < 4.78 is 0. The van der Waals surface area contributed by atoms with Gasteiger partial charge in [-0.25, -0.2) is 10.4 Å². The maximum atomic E-state index is 13.0. The Labute approximate surface area is 205 Å². The minimum Gasteiger partial charge on any atom is -0.313 e. The van der Waals surface area contributed by atoms with Crippen molar-refractivity contribution in [1.82, 2.24) is 20.6 Å². The third-order valence-corrected chi connectivity index (χ3v) is 6.60. The number of nitrogens with one attached hydrogen (secondary N) is 3. The van der Waals surface area contributed by atoms with Crippen LogP contribution in [-0.4, -0.2) is 33.2 Å². The van der Waals surface area contributed by atoms with Crippen LogP contribution >= 0.6 is 24.0 Å². The first-order valence-corrected chi connectivity index (χ1v) is 11.7. The van der Waals surface area contributed by atoms with E-state index in [2.05, 4.69) is 43.7 Å². The number of anilines is 1. The number of hydrazone groups is 1. The molecule has 0 bridgehead atoms. The Morgan fingerprint density at radius 3 is 2.68 bits per heavy atom. The highest BCUT2D eigenvalue weighted by molar-refractivity contribution is 7.80. The summed E-state index contributed by atoms with van der Waals surface area (Å²) in [6.45, 7) is 3.82. The van der Waals surface area contributed by atoms with Crippen molar-refractivity contribution in [2.45, 2.75) is 19.1 Å². The molecule has 0 aliphatic rings. The van der Waals surface area contributed by atoms with Gasteiger partial charge in [0.05, 0.1) is 17.0 Å². The number of nitrogens with zero attached hydrogens (tertiary/aromatic N) is 3. The molecule has 0 aliphatic carbocycles. The van der Waals surface area contributed by atoms with Crippen LogP contribution in [0, 0.1) is 13.8 Å². The molecule has 2 heterocycles. The lowest BCUT2D eigenvalue weighted by Crippen LogP contribution is -2.21. The fourth-order valence-electron chi connectivity index (χ4n) is 3.22. The summed E-state index contributed by atoms with van der Waals surface area (Å²) in [5.74, 6) is -0.147. The molecule has 0 radical (unpaired) electrons. The highest BCUT2D eigenvalue weighted by Crippen LogP contribution is 2.29. The summed E-state index contributed by atoms with van der Waals surface area (Å²) in [7, 11) is 0. The maximum Gasteiger partial charge on any atom is 0.274 e. The van der Waals surface area contributed by atoms with Crippen molar-refractivity contribution >= 4 is 47.0 Å². The van der Waals surface area contributed by atoms with Crippen LogP contribution in [-0.2, 0) is 0 Å². The first-order chi connectivity index (χ1) is 16.4. The van der Waals surface area contributed by atoms with Crippen molar-refractivity contribution in [1.29, 1.82) is 0 Å². The third kappa shape index (κ3) is 5.41. The number of hydrogen-bond acceptors (Lipinski definition) is 7. The largest absolute Gasteiger partial charge is 0.313 e. The molecule has 0 fully saturated rings. The Kier molecular flexibility index (Phi) is 7.19. The number of amides is 2. The number of carbonyl (C=O) groups is 2. The minimum absolute atomic E-state index is 0.334. The fourth-order valence-corrected chi connectivity index (χ4v) is 4.44. The molecule has 4 aromatic rings. The summed E-state index contributed by atoms with van der Waals surface area (Å²) in [5.41, 5.74) is 6.91. The molecule has 1 atom stereocenters. The van der Waals surface area contributed by atoms with Crippen molar-refractivity contribution in [3.05, 3.63) is 99.4 Å². The van der Waals surface area contributed by atoms with Gasteiger partial charge in [0.2, 0.25) is 0 Å². The van der Waals surface area contributed by atoms with Gasteiger partial charge >= 0.3 is 0 Å². The van der Waals surface area contributed by atoms with E-state index in [1.54, 1.807) is 24.4 Å². The average Bonchev–Trinajstić information content (AvgIpc) is 3.50. The first kappa shape index (κ1) is 23.4. The van der Waals surface area contributed by atoms with Crippen molar-refractivity contribution in [3.8, 4) is 0 Å². The second-order valence-corrected chi connectivity index (χ2v) is 8.98. The number of aromatic nitrogens is 3. The highest BCUT2D eigenvalue weighted by Gasteiger charge is 2.20. The standard InChI is InChI=1S/C24H22N6O2S2/c1-14-6-8-16(9-7-14)11-26-30-23(32)19-15(2)12-34-24(19)28-22(31)18-5-3-4-17(10-18)20(33)21-25-13-27-29-21/h3-13,20,33H,1-2H3,(H,28,31)(H,30,32)(H,25,27,29)/b26-11+. The number of aryl methyl sites for hydroxylation is 2. The molecule has 0 aliphatic heterocycles. The van der Waals surface area contributed by atoms with Gasteiger partial charge in [-0.05, 0) is 48.1 Å². The van der Waals surface area contributed by atoms with Crippen LogP contribution in [0.3, 0.4) is 0 Å². The van der Waals surface area contributed by atoms with Gasteiger partial charge in [0.1, 0.15) is 17.2 Å². The normalized spacial score (nSPS) is 12.0. The molecule has 1 unspecified atom stereocenters. The zero-order valence-electron chi connectivity index (χ0n) is 18.4. The van der Waals surface area contributed by atoms with Crippen molar-refractivity contribution in [3.63, 3.8) is 0 Å². The lowest BCUT2D eigenvalue weighted by Gasteiger charge is -2.11. The van der Waals surface area contributed by atoms with Gasteiger partial charge in [0.25, 0.3) is 11.8 Å². The lowest BCUT2D eigenvalue weighted by atomic mass is 10.1. The predicted octanol–water partition coefficient (Wildman–Crippen LogP) is 4.52. The van der Waals surface area contributed by atoms with E-state index in [1.807, 2.05) is 49.6 Å². The molecule has 2 amide bonds. The summed E-state index contributed by atoms with van der Waals surface area (Å²) in [4.78, 5) is 29.9. The molecule has 172 valence electrons. The zero-order valence-corrected chi connectivity index (χ0v) is 20.2. The Morgan fingerprint density at radius 2 is 1.94 bits per heavy atom. The van der Waals surface area contributed by atoms with E-state index in [-0.39, 0.29) is 11.2 Å². The van der Waals surface area contributed by atoms with Crippen LogP contribution in [0.25, 0.3) is 0 Å². The van der Waals surface area contributed by atoms with Gasteiger partial charge in [-0.1, -0.05) is 42.0 Å². The molecular weight excluding hydrogens is 468 g/mol. The molecular formula is C24H22N6O2S2. The Hall–Kier alpha value is -3.76. The summed E-state index contributed by atoms with van der Waals surface area (Å²) in [6.07, 6.45) is 2.98. The number of aromatic amines is 1. The van der Waals surface area contributed by atoms with Gasteiger partial charge in [-0.2, -0.15) is 22.8 Å². The molecule has 10 heteroatoms. The van der Waals surface area contributed by atoms with Gasteiger partial charge in [-0.15, -0.1) is 11.3 Å². The molecule has 8 nitrogen and oxygen atoms in total. The first-order valence-electron chi connectivity index (χ1n) is 10.3. The minimum atomic E-state index is -0.396. The fraction of sp³-hybridized carbons (Fsp3) is 0.125. The smallest absolute Gasteiger partial charge is 0.274 e. The topological polar surface area (TPSA) is 112 Å². The second-order valence-electron chi connectivity index (χ2n) is 7.59. The van der Waals surface area contributed by atoms with Gasteiger partial charge in [-0.3, -0.25) is 14.7 Å². The highest BCUT2D eigenvalue weighted by atomic mass is 32.1. The Balaban J connectivity index is 1.47. The quantitative estimate of drug-likeness (QED) is 0.173. The molecule has 0 saturated carbocycles. The van der Waals surface area contributed by atoms with E-state index in [9.17, 15) is 9.59 Å². The van der Waals surface area contributed by atoms with Crippen molar-refractivity contribution in [2.24, 2.45) is 5.10 Å². The van der Waals surface area contributed by atoms with Crippen LogP contribution in [0.5, 0.6) is 0 Å². The van der Waals surface area contributed by atoms with Gasteiger partial charge < -0.3 is 5.32 Å². The number of carbonyl (C=O) groups excluding carboxylic acids is 2. The van der Waals surface area contributed by atoms with E-state index >= 15 is 0 Å². The monoisotopic (exact) mass is 490 g/mol. The van der Waals surface area contributed by atoms with Crippen LogP contribution in [0.2, 0.25) is 0 Å². The van der Waals surface area contributed by atoms with Crippen LogP contribution < -0.4 is 10.7 Å².